The van der Waals surface area contributed by atoms with Crippen LogP contribution in [0, 0.1) is 0 Å². The molecule has 2 heterocycles. The van der Waals surface area contributed by atoms with Crippen LogP contribution < -0.4 is 4.72 Å². The number of fused-ring (bicyclic) bond motifs is 1. The number of amides is 1. The van der Waals surface area contributed by atoms with Crippen LogP contribution in [0.3, 0.4) is 0 Å². The van der Waals surface area contributed by atoms with Gasteiger partial charge < -0.3 is 9.88 Å². The average molecular weight is 424 g/mol. The predicted octanol–water partition coefficient (Wildman–Crippen LogP) is 3.19. The molecule has 1 aromatic heterocycles. The number of carbonyl (C=O) groups excluding carboxylic acids is 1. The van der Waals surface area contributed by atoms with E-state index in [0.29, 0.717) is 31.6 Å². The fraction of sp³-hybridized carbons (Fsp3) is 0.261. The largest absolute Gasteiger partial charge is 0.361 e. The zero-order valence-electron chi connectivity index (χ0n) is 16.9. The van der Waals surface area contributed by atoms with Crippen molar-refractivity contribution in [3.63, 3.8) is 0 Å². The van der Waals surface area contributed by atoms with Crippen molar-refractivity contribution in [1.82, 2.24) is 14.6 Å². The number of nitrogens with zero attached hydrogens (tertiary/aromatic N) is 1. The Morgan fingerprint density at radius 2 is 1.90 bits per heavy atom. The number of hydrogen-bond donors (Lipinski definition) is 2. The Hall–Kier alpha value is -2.90. The number of para-hydroxylation sites is 1. The van der Waals surface area contributed by atoms with Crippen molar-refractivity contribution in [2.45, 2.75) is 12.8 Å². The minimum atomic E-state index is -3.18. The number of aromatic amines is 1. The third-order valence-electron chi connectivity index (χ3n) is 5.41. The third-order valence-corrected chi connectivity index (χ3v) is 6.14. The van der Waals surface area contributed by atoms with Crippen LogP contribution >= 0.6 is 0 Å². The average Bonchev–Trinajstić information content (AvgIpc) is 3.17. The summed E-state index contributed by atoms with van der Waals surface area (Å²) in [6, 6.07) is 15.6. The van der Waals surface area contributed by atoms with Crippen LogP contribution in [0.4, 0.5) is 0 Å². The summed E-state index contributed by atoms with van der Waals surface area (Å²) in [5, 5.41) is 1.21. The van der Waals surface area contributed by atoms with Crippen molar-refractivity contribution in [1.29, 1.82) is 0 Å². The molecular weight excluding hydrogens is 398 g/mol. The van der Waals surface area contributed by atoms with Crippen molar-refractivity contribution in [2.24, 2.45) is 0 Å². The molecule has 0 radical (unpaired) electrons. The second kappa shape index (κ2) is 8.45. The summed E-state index contributed by atoms with van der Waals surface area (Å²) in [7, 11) is -3.18. The zero-order chi connectivity index (χ0) is 21.1. The summed E-state index contributed by atoms with van der Waals surface area (Å²) in [6.45, 7) is 1.62. The van der Waals surface area contributed by atoms with Crippen LogP contribution in [0.1, 0.15) is 27.9 Å². The van der Waals surface area contributed by atoms with Gasteiger partial charge in [-0.05, 0) is 42.2 Å². The second-order valence-corrected chi connectivity index (χ2v) is 9.42. The first kappa shape index (κ1) is 20.4. The summed E-state index contributed by atoms with van der Waals surface area (Å²) in [6.07, 6.45) is 6.74. The standard InChI is InChI=1S/C23H25N3O3S/c1-30(28,29)25-13-10-17-6-8-19(9-7-17)23(27)26-14-11-18(12-15-26)21-16-24-22-5-3-2-4-20(21)22/h2-9,11,16,24-25H,10,12-15H2,1H3. The highest BCUT2D eigenvalue weighted by Crippen LogP contribution is 2.29. The quantitative estimate of drug-likeness (QED) is 0.639. The molecule has 0 saturated heterocycles. The van der Waals surface area contributed by atoms with Gasteiger partial charge in [-0.25, -0.2) is 13.1 Å². The Bertz CT molecular complexity index is 1190. The fourth-order valence-electron chi connectivity index (χ4n) is 3.81. The van der Waals surface area contributed by atoms with E-state index >= 15 is 0 Å². The van der Waals surface area contributed by atoms with Crippen LogP contribution in [0.15, 0.2) is 60.8 Å². The Morgan fingerprint density at radius 3 is 2.60 bits per heavy atom. The monoisotopic (exact) mass is 423 g/mol. The molecule has 0 saturated carbocycles. The number of hydrogen-bond acceptors (Lipinski definition) is 3. The number of rotatable bonds is 6. The molecule has 1 amide bonds. The molecule has 0 bridgehead atoms. The van der Waals surface area contributed by atoms with E-state index in [1.54, 1.807) is 0 Å². The first-order valence-electron chi connectivity index (χ1n) is 9.99. The molecule has 0 atom stereocenters. The SMILES string of the molecule is CS(=O)(=O)NCCc1ccc(C(=O)N2CC=C(c3c[nH]c4ccccc34)CC2)cc1. The lowest BCUT2D eigenvalue weighted by Gasteiger charge is -2.26. The van der Waals surface area contributed by atoms with E-state index in [9.17, 15) is 13.2 Å². The Balaban J connectivity index is 1.39. The van der Waals surface area contributed by atoms with E-state index in [1.165, 1.54) is 16.5 Å². The zero-order valence-corrected chi connectivity index (χ0v) is 17.7. The van der Waals surface area contributed by atoms with E-state index in [1.807, 2.05) is 47.5 Å². The summed E-state index contributed by atoms with van der Waals surface area (Å²) >= 11 is 0. The molecule has 0 fully saturated rings. The second-order valence-electron chi connectivity index (χ2n) is 7.59. The molecule has 0 spiro atoms. The highest BCUT2D eigenvalue weighted by atomic mass is 32.2. The van der Waals surface area contributed by atoms with Gasteiger partial charge in [-0.1, -0.05) is 36.4 Å². The van der Waals surface area contributed by atoms with E-state index in [-0.39, 0.29) is 5.91 Å². The Kier molecular flexibility index (Phi) is 5.74. The maximum absolute atomic E-state index is 12.9. The number of carbonyl (C=O) groups is 1. The van der Waals surface area contributed by atoms with Crippen molar-refractivity contribution in [3.8, 4) is 0 Å². The Labute approximate surface area is 176 Å². The molecule has 30 heavy (non-hydrogen) atoms. The highest BCUT2D eigenvalue weighted by Gasteiger charge is 2.20. The van der Waals surface area contributed by atoms with Gasteiger partial charge in [0.05, 0.1) is 6.26 Å². The smallest absolute Gasteiger partial charge is 0.254 e. The molecule has 0 unspecified atom stereocenters. The first-order valence-corrected chi connectivity index (χ1v) is 11.9. The fourth-order valence-corrected chi connectivity index (χ4v) is 4.29. The maximum atomic E-state index is 12.9. The number of nitrogens with one attached hydrogen (secondary N) is 2. The van der Waals surface area contributed by atoms with Crippen LogP contribution in [-0.4, -0.2) is 50.1 Å². The Morgan fingerprint density at radius 1 is 1.13 bits per heavy atom. The van der Waals surface area contributed by atoms with Gasteiger partial charge in [0.1, 0.15) is 0 Å². The predicted molar refractivity (Wildman–Crippen MR) is 120 cm³/mol. The van der Waals surface area contributed by atoms with E-state index in [2.05, 4.69) is 27.9 Å². The summed E-state index contributed by atoms with van der Waals surface area (Å²) in [4.78, 5) is 18.0. The van der Waals surface area contributed by atoms with Gasteiger partial charge in [0.25, 0.3) is 5.91 Å². The number of benzene rings is 2. The number of sulfonamides is 1. The summed E-state index contributed by atoms with van der Waals surface area (Å²) < 4.78 is 24.7. The number of aromatic nitrogens is 1. The number of H-pyrrole nitrogens is 1. The summed E-state index contributed by atoms with van der Waals surface area (Å²) in [5.74, 6) is 0.0186. The molecular formula is C23H25N3O3S. The van der Waals surface area contributed by atoms with Crippen LogP contribution in [-0.2, 0) is 16.4 Å². The maximum Gasteiger partial charge on any atom is 0.254 e. The van der Waals surface area contributed by atoms with Gasteiger partial charge in [0.15, 0.2) is 0 Å². The van der Waals surface area contributed by atoms with E-state index in [4.69, 9.17) is 0 Å². The molecule has 7 heteroatoms. The van der Waals surface area contributed by atoms with Gasteiger partial charge in [0.2, 0.25) is 10.0 Å². The molecule has 156 valence electrons. The molecule has 2 N–H and O–H groups in total. The highest BCUT2D eigenvalue weighted by molar-refractivity contribution is 7.88. The molecule has 1 aliphatic heterocycles. The lowest BCUT2D eigenvalue weighted by atomic mass is 9.98. The molecule has 1 aliphatic rings. The van der Waals surface area contributed by atoms with Crippen molar-refractivity contribution in [2.75, 3.05) is 25.9 Å². The van der Waals surface area contributed by atoms with E-state index in [0.717, 1.165) is 23.8 Å². The lowest BCUT2D eigenvalue weighted by Crippen LogP contribution is -2.34. The van der Waals surface area contributed by atoms with Crippen molar-refractivity contribution < 1.29 is 13.2 Å². The molecule has 3 aromatic rings. The van der Waals surface area contributed by atoms with Gasteiger partial charge >= 0.3 is 0 Å². The normalized spacial score (nSPS) is 14.7. The van der Waals surface area contributed by atoms with Crippen molar-refractivity contribution >= 4 is 32.4 Å². The minimum Gasteiger partial charge on any atom is -0.361 e. The van der Waals surface area contributed by atoms with Gasteiger partial charge in [0, 0.05) is 47.9 Å². The third kappa shape index (κ3) is 4.63. The van der Waals surface area contributed by atoms with Crippen LogP contribution in [0.5, 0.6) is 0 Å². The van der Waals surface area contributed by atoms with Crippen molar-refractivity contribution in [3.05, 3.63) is 77.5 Å². The molecule has 6 nitrogen and oxygen atoms in total. The molecule has 0 aliphatic carbocycles. The van der Waals surface area contributed by atoms with Gasteiger partial charge in [-0.15, -0.1) is 0 Å². The first-order chi connectivity index (χ1) is 14.4. The van der Waals surface area contributed by atoms with E-state index < -0.39 is 10.0 Å². The van der Waals surface area contributed by atoms with Gasteiger partial charge in [-0.3, -0.25) is 4.79 Å². The van der Waals surface area contributed by atoms with Gasteiger partial charge in [-0.2, -0.15) is 0 Å². The molecule has 2 aromatic carbocycles. The molecule has 4 rings (SSSR count). The topological polar surface area (TPSA) is 82.3 Å². The lowest BCUT2D eigenvalue weighted by molar-refractivity contribution is 0.0773. The van der Waals surface area contributed by atoms with Crippen LogP contribution in [0.25, 0.3) is 16.5 Å². The summed E-state index contributed by atoms with van der Waals surface area (Å²) in [5.41, 5.74) is 5.25. The minimum absolute atomic E-state index is 0.0186. The van der Waals surface area contributed by atoms with Crippen LogP contribution in [0.2, 0.25) is 0 Å².